The average molecular weight is 457 g/mol. The van der Waals surface area contributed by atoms with Gasteiger partial charge in [0.2, 0.25) is 10.0 Å². The summed E-state index contributed by atoms with van der Waals surface area (Å²) in [4.78, 5) is 8.78. The van der Waals surface area contributed by atoms with Crippen LogP contribution in [0.15, 0.2) is 18.6 Å². The highest BCUT2D eigenvalue weighted by atomic mass is 32.2. The normalized spacial score (nSPS) is 20.8. The largest absolute Gasteiger partial charge is 0.382 e. The lowest BCUT2D eigenvalue weighted by Gasteiger charge is -2.48. The van der Waals surface area contributed by atoms with E-state index in [1.807, 2.05) is 13.0 Å². The Kier molecular flexibility index (Phi) is 5.79. The molecule has 4 rings (SSSR count). The SMILES string of the molecule is Cc1ncnc(-c2cn(C3(CC#N)CN(S(=O)(=O)C(C)C)C3)nc2N)c1/C=C\C1CCN1. The highest BCUT2D eigenvalue weighted by Crippen LogP contribution is 2.38. The molecule has 2 aromatic rings. The van der Waals surface area contributed by atoms with E-state index >= 15 is 0 Å². The minimum absolute atomic E-state index is 0.126. The van der Waals surface area contributed by atoms with Crippen LogP contribution in [-0.4, -0.2) is 63.4 Å². The molecule has 4 heterocycles. The van der Waals surface area contributed by atoms with Gasteiger partial charge in [-0.2, -0.15) is 14.7 Å². The fourth-order valence-corrected chi connectivity index (χ4v) is 5.41. The maximum Gasteiger partial charge on any atom is 0.216 e. The molecule has 1 unspecified atom stereocenters. The molecule has 10 nitrogen and oxygen atoms in total. The number of hydrogen-bond acceptors (Lipinski definition) is 8. The Morgan fingerprint density at radius 1 is 1.41 bits per heavy atom. The molecule has 2 aliphatic heterocycles. The second-order valence-corrected chi connectivity index (χ2v) is 11.2. The van der Waals surface area contributed by atoms with E-state index in [-0.39, 0.29) is 25.3 Å². The number of sulfonamides is 1. The Balaban J connectivity index is 1.68. The molecule has 3 N–H and O–H groups in total. The molecule has 0 bridgehead atoms. The second kappa shape index (κ2) is 8.27. The number of anilines is 1. The van der Waals surface area contributed by atoms with E-state index in [4.69, 9.17) is 5.73 Å². The van der Waals surface area contributed by atoms with Crippen LogP contribution < -0.4 is 11.1 Å². The van der Waals surface area contributed by atoms with Gasteiger partial charge in [-0.05, 0) is 33.7 Å². The van der Waals surface area contributed by atoms with E-state index in [0.29, 0.717) is 17.3 Å². The number of rotatable bonds is 7. The summed E-state index contributed by atoms with van der Waals surface area (Å²) in [6, 6.07) is 2.52. The summed E-state index contributed by atoms with van der Waals surface area (Å²) in [5.41, 5.74) is 8.51. The van der Waals surface area contributed by atoms with Gasteiger partial charge in [-0.1, -0.05) is 12.2 Å². The van der Waals surface area contributed by atoms with Gasteiger partial charge >= 0.3 is 0 Å². The predicted molar refractivity (Wildman–Crippen MR) is 122 cm³/mol. The summed E-state index contributed by atoms with van der Waals surface area (Å²) in [5.74, 6) is 0.280. The van der Waals surface area contributed by atoms with Crippen LogP contribution in [0.5, 0.6) is 0 Å². The van der Waals surface area contributed by atoms with E-state index in [9.17, 15) is 13.7 Å². The van der Waals surface area contributed by atoms with Crippen molar-refractivity contribution >= 4 is 21.9 Å². The maximum absolute atomic E-state index is 12.5. The van der Waals surface area contributed by atoms with Crippen molar-refractivity contribution in [3.63, 3.8) is 0 Å². The van der Waals surface area contributed by atoms with Crippen LogP contribution in [0.1, 0.15) is 37.9 Å². The lowest BCUT2D eigenvalue weighted by atomic mass is 9.89. The minimum Gasteiger partial charge on any atom is -0.382 e. The molecule has 0 radical (unpaired) electrons. The summed E-state index contributed by atoms with van der Waals surface area (Å²) in [6.45, 7) is 6.59. The summed E-state index contributed by atoms with van der Waals surface area (Å²) >= 11 is 0. The molecule has 11 heteroatoms. The Morgan fingerprint density at radius 2 is 2.12 bits per heavy atom. The summed E-state index contributed by atoms with van der Waals surface area (Å²) < 4.78 is 28.1. The standard InChI is InChI=1S/C21H28N8O2S/c1-14(2)32(30,31)28-11-21(12-28,7-8-22)29-10-18(20(23)27-29)19-17(15(3)25-13-26-19)5-4-16-6-9-24-16/h4-5,10,13-14,16,24H,6-7,9,11-12H2,1-3H3,(H2,23,27)/b5-4-. The third-order valence-electron chi connectivity index (χ3n) is 6.23. The molecule has 2 aliphatic rings. The maximum atomic E-state index is 12.5. The van der Waals surface area contributed by atoms with E-state index in [0.717, 1.165) is 24.2 Å². The Hall–Kier alpha value is -2.81. The van der Waals surface area contributed by atoms with Gasteiger partial charge in [0.25, 0.3) is 0 Å². The average Bonchev–Trinajstić information content (AvgIpc) is 3.05. The molecule has 2 fully saturated rings. The molecule has 170 valence electrons. The van der Waals surface area contributed by atoms with Crippen LogP contribution in [0.3, 0.4) is 0 Å². The zero-order valence-electron chi connectivity index (χ0n) is 18.5. The van der Waals surface area contributed by atoms with Crippen LogP contribution in [0.25, 0.3) is 17.3 Å². The first-order valence-electron chi connectivity index (χ1n) is 10.6. The summed E-state index contributed by atoms with van der Waals surface area (Å²) in [6.07, 6.45) is 8.57. The van der Waals surface area contributed by atoms with Crippen molar-refractivity contribution in [1.82, 2.24) is 29.4 Å². The molecule has 0 aliphatic carbocycles. The third kappa shape index (κ3) is 3.79. The first-order valence-corrected chi connectivity index (χ1v) is 12.1. The van der Waals surface area contributed by atoms with Crippen molar-refractivity contribution < 1.29 is 8.42 Å². The topological polar surface area (TPSA) is 143 Å². The molecule has 0 amide bonds. The second-order valence-electron chi connectivity index (χ2n) is 8.72. The number of nitrogens with one attached hydrogen (secondary N) is 1. The fraction of sp³-hybridized carbons (Fsp3) is 0.524. The molecular formula is C21H28N8O2S. The summed E-state index contributed by atoms with van der Waals surface area (Å²) in [7, 11) is -3.40. The van der Waals surface area contributed by atoms with Crippen LogP contribution in [0.2, 0.25) is 0 Å². The van der Waals surface area contributed by atoms with Gasteiger partial charge in [0, 0.05) is 36.6 Å². The molecular weight excluding hydrogens is 428 g/mol. The lowest BCUT2D eigenvalue weighted by Crippen LogP contribution is -2.65. The van der Waals surface area contributed by atoms with Crippen molar-refractivity contribution in [1.29, 1.82) is 5.26 Å². The van der Waals surface area contributed by atoms with Gasteiger partial charge in [-0.15, -0.1) is 0 Å². The molecule has 1 atom stereocenters. The quantitative estimate of drug-likeness (QED) is 0.634. The fourth-order valence-electron chi connectivity index (χ4n) is 3.97. The molecule has 0 aromatic carbocycles. The van der Waals surface area contributed by atoms with Crippen molar-refractivity contribution in [2.24, 2.45) is 0 Å². The Labute approximate surface area is 188 Å². The van der Waals surface area contributed by atoms with Crippen LogP contribution in [-0.2, 0) is 15.6 Å². The number of aromatic nitrogens is 4. The third-order valence-corrected chi connectivity index (χ3v) is 8.40. The van der Waals surface area contributed by atoms with Crippen LogP contribution >= 0.6 is 0 Å². The van der Waals surface area contributed by atoms with E-state index in [1.54, 1.807) is 24.7 Å². The Morgan fingerprint density at radius 3 is 2.72 bits per heavy atom. The van der Waals surface area contributed by atoms with Gasteiger partial charge in [0.1, 0.15) is 11.9 Å². The Bertz CT molecular complexity index is 1180. The molecule has 2 aromatic heterocycles. The zero-order chi connectivity index (χ0) is 23.1. The van der Waals surface area contributed by atoms with Crippen LogP contribution in [0, 0.1) is 18.3 Å². The number of aryl methyl sites for hydroxylation is 1. The highest BCUT2D eigenvalue weighted by Gasteiger charge is 2.51. The monoisotopic (exact) mass is 456 g/mol. The first-order chi connectivity index (χ1) is 15.2. The first kappa shape index (κ1) is 22.4. The van der Waals surface area contributed by atoms with Crippen molar-refractivity contribution in [2.45, 2.75) is 50.4 Å². The van der Waals surface area contributed by atoms with Crippen LogP contribution in [0.4, 0.5) is 5.82 Å². The van der Waals surface area contributed by atoms with Gasteiger partial charge in [-0.3, -0.25) is 4.68 Å². The van der Waals surface area contributed by atoms with Gasteiger partial charge in [0.15, 0.2) is 5.82 Å². The molecule has 2 saturated heterocycles. The summed E-state index contributed by atoms with van der Waals surface area (Å²) in [5, 5.41) is 16.7. The zero-order valence-corrected chi connectivity index (χ0v) is 19.3. The van der Waals surface area contributed by atoms with Crippen molar-refractivity contribution in [2.75, 3.05) is 25.4 Å². The molecule has 0 saturated carbocycles. The van der Waals surface area contributed by atoms with Gasteiger partial charge in [-0.25, -0.2) is 18.4 Å². The van der Waals surface area contributed by atoms with Crippen molar-refractivity contribution in [3.05, 3.63) is 29.9 Å². The van der Waals surface area contributed by atoms with Crippen molar-refractivity contribution in [3.8, 4) is 17.3 Å². The predicted octanol–water partition coefficient (Wildman–Crippen LogP) is 1.27. The number of nitriles is 1. The highest BCUT2D eigenvalue weighted by molar-refractivity contribution is 7.89. The number of nitrogen functional groups attached to an aromatic ring is 1. The number of nitrogens with zero attached hydrogens (tertiary/aromatic N) is 6. The van der Waals surface area contributed by atoms with Gasteiger partial charge in [0.05, 0.1) is 29.0 Å². The minimum atomic E-state index is -3.40. The van der Waals surface area contributed by atoms with E-state index in [1.165, 1.54) is 10.6 Å². The van der Waals surface area contributed by atoms with Gasteiger partial charge < -0.3 is 11.1 Å². The molecule has 0 spiro atoms. The lowest BCUT2D eigenvalue weighted by molar-refractivity contribution is 0.0714. The number of hydrogen-bond donors (Lipinski definition) is 2. The van der Waals surface area contributed by atoms with E-state index in [2.05, 4.69) is 32.5 Å². The number of nitrogens with two attached hydrogens (primary N) is 1. The smallest absolute Gasteiger partial charge is 0.216 e. The molecule has 32 heavy (non-hydrogen) atoms. The van der Waals surface area contributed by atoms with E-state index < -0.39 is 20.8 Å².